The Morgan fingerprint density at radius 1 is 1.15 bits per heavy atom. The second-order valence-electron chi connectivity index (χ2n) is 7.65. The van der Waals surface area contributed by atoms with Crippen molar-refractivity contribution in [3.05, 3.63) is 52.3 Å². The summed E-state index contributed by atoms with van der Waals surface area (Å²) in [5, 5.41) is 5.03. The third-order valence-corrected chi connectivity index (χ3v) is 6.34. The maximum absolute atomic E-state index is 13.4. The molecule has 2 atom stereocenters. The normalized spacial score (nSPS) is 22.9. The summed E-state index contributed by atoms with van der Waals surface area (Å²) in [5.74, 6) is 0.739. The van der Waals surface area contributed by atoms with Crippen molar-refractivity contribution in [2.45, 2.75) is 58.0 Å². The lowest BCUT2D eigenvalue weighted by molar-refractivity contribution is 0.0390. The third-order valence-electron chi connectivity index (χ3n) is 5.96. The SMILES string of the molecule is Cc1nn(Cc2ccccc2)c(Cl)c1C(=O)N1CCC[C@H]2CCCC[C@H]21. The van der Waals surface area contributed by atoms with Gasteiger partial charge in [0.1, 0.15) is 5.15 Å². The molecule has 5 heteroatoms. The molecule has 2 aromatic rings. The van der Waals surface area contributed by atoms with E-state index in [-0.39, 0.29) is 5.91 Å². The summed E-state index contributed by atoms with van der Waals surface area (Å²) in [7, 11) is 0. The Hall–Kier alpha value is -1.81. The maximum atomic E-state index is 13.4. The molecule has 0 radical (unpaired) electrons. The maximum Gasteiger partial charge on any atom is 0.259 e. The highest BCUT2D eigenvalue weighted by atomic mass is 35.5. The summed E-state index contributed by atoms with van der Waals surface area (Å²) in [6.07, 6.45) is 7.28. The van der Waals surface area contributed by atoms with E-state index in [2.05, 4.69) is 10.00 Å². The average Bonchev–Trinajstić information content (AvgIpc) is 2.95. The number of aromatic nitrogens is 2. The van der Waals surface area contributed by atoms with Crippen LogP contribution in [0.1, 0.15) is 60.1 Å². The molecule has 0 unspecified atom stereocenters. The van der Waals surface area contributed by atoms with Crippen LogP contribution in [0.5, 0.6) is 0 Å². The lowest BCUT2D eigenvalue weighted by Crippen LogP contribution is -2.49. The number of rotatable bonds is 3. The van der Waals surface area contributed by atoms with Crippen LogP contribution in [-0.2, 0) is 6.54 Å². The predicted molar refractivity (Wildman–Crippen MR) is 104 cm³/mol. The second kappa shape index (κ2) is 7.43. The Morgan fingerprint density at radius 2 is 1.88 bits per heavy atom. The molecule has 1 aromatic carbocycles. The molecule has 0 spiro atoms. The van der Waals surface area contributed by atoms with Crippen LogP contribution in [0.3, 0.4) is 0 Å². The Morgan fingerprint density at radius 3 is 2.69 bits per heavy atom. The van der Waals surface area contributed by atoms with E-state index in [0.29, 0.717) is 29.2 Å². The van der Waals surface area contributed by atoms with Crippen molar-refractivity contribution in [1.82, 2.24) is 14.7 Å². The van der Waals surface area contributed by atoms with Crippen LogP contribution in [0.15, 0.2) is 30.3 Å². The molecule has 1 aliphatic carbocycles. The minimum Gasteiger partial charge on any atom is -0.335 e. The largest absolute Gasteiger partial charge is 0.335 e. The Labute approximate surface area is 160 Å². The van der Waals surface area contributed by atoms with Gasteiger partial charge in [0, 0.05) is 12.6 Å². The van der Waals surface area contributed by atoms with Gasteiger partial charge in [0.25, 0.3) is 5.91 Å². The predicted octanol–water partition coefficient (Wildman–Crippen LogP) is 4.69. The molecule has 1 amide bonds. The Balaban J connectivity index is 1.60. The quantitative estimate of drug-likeness (QED) is 0.785. The first-order valence-corrected chi connectivity index (χ1v) is 10.1. The monoisotopic (exact) mass is 371 g/mol. The smallest absolute Gasteiger partial charge is 0.259 e. The fourth-order valence-electron chi connectivity index (χ4n) is 4.68. The number of likely N-dealkylation sites (tertiary alicyclic amines) is 1. The van der Waals surface area contributed by atoms with Crippen LogP contribution in [0.4, 0.5) is 0 Å². The average molecular weight is 372 g/mol. The first-order valence-electron chi connectivity index (χ1n) is 9.73. The van der Waals surface area contributed by atoms with E-state index in [1.54, 1.807) is 4.68 Å². The highest BCUT2D eigenvalue weighted by Crippen LogP contribution is 2.37. The summed E-state index contributed by atoms with van der Waals surface area (Å²) < 4.78 is 1.75. The van der Waals surface area contributed by atoms with Gasteiger partial charge in [-0.3, -0.25) is 4.79 Å². The van der Waals surface area contributed by atoms with Gasteiger partial charge in [0.05, 0.1) is 17.8 Å². The van der Waals surface area contributed by atoms with Crippen molar-refractivity contribution in [3.8, 4) is 0 Å². The number of carbonyl (C=O) groups is 1. The molecule has 2 fully saturated rings. The van der Waals surface area contributed by atoms with E-state index in [4.69, 9.17) is 11.6 Å². The highest BCUT2D eigenvalue weighted by Gasteiger charge is 2.37. The highest BCUT2D eigenvalue weighted by molar-refractivity contribution is 6.33. The minimum atomic E-state index is 0.0726. The number of fused-ring (bicyclic) bond motifs is 1. The van der Waals surface area contributed by atoms with Crippen molar-refractivity contribution in [1.29, 1.82) is 0 Å². The van der Waals surface area contributed by atoms with Crippen LogP contribution in [0, 0.1) is 12.8 Å². The molecule has 26 heavy (non-hydrogen) atoms. The molecule has 1 saturated carbocycles. The van der Waals surface area contributed by atoms with E-state index >= 15 is 0 Å². The number of nitrogens with zero attached hydrogens (tertiary/aromatic N) is 3. The summed E-state index contributed by atoms with van der Waals surface area (Å²) in [6, 6.07) is 10.5. The van der Waals surface area contributed by atoms with E-state index in [0.717, 1.165) is 30.6 Å². The topological polar surface area (TPSA) is 38.1 Å². The number of aryl methyl sites for hydroxylation is 1. The van der Waals surface area contributed by atoms with Gasteiger partial charge in [-0.15, -0.1) is 0 Å². The van der Waals surface area contributed by atoms with Crippen LogP contribution in [0.25, 0.3) is 0 Å². The van der Waals surface area contributed by atoms with Gasteiger partial charge in [-0.05, 0) is 44.1 Å². The molecule has 1 aromatic heterocycles. The van der Waals surface area contributed by atoms with Crippen molar-refractivity contribution in [2.75, 3.05) is 6.54 Å². The zero-order chi connectivity index (χ0) is 18.1. The van der Waals surface area contributed by atoms with Gasteiger partial charge in [0.2, 0.25) is 0 Å². The molecule has 1 aliphatic heterocycles. The molecule has 2 aliphatic rings. The lowest BCUT2D eigenvalue weighted by Gasteiger charge is -2.44. The van der Waals surface area contributed by atoms with Gasteiger partial charge < -0.3 is 4.90 Å². The van der Waals surface area contributed by atoms with Gasteiger partial charge in [-0.25, -0.2) is 4.68 Å². The molecular formula is C21H26ClN3O. The van der Waals surface area contributed by atoms with Crippen LogP contribution in [0.2, 0.25) is 5.15 Å². The van der Waals surface area contributed by atoms with Crippen molar-refractivity contribution >= 4 is 17.5 Å². The first kappa shape index (κ1) is 17.6. The number of halogens is 1. The number of hydrogen-bond donors (Lipinski definition) is 0. The number of benzene rings is 1. The fourth-order valence-corrected chi connectivity index (χ4v) is 4.99. The summed E-state index contributed by atoms with van der Waals surface area (Å²) >= 11 is 6.62. The Bertz CT molecular complexity index is 784. The van der Waals surface area contributed by atoms with E-state index in [1.807, 2.05) is 37.3 Å². The van der Waals surface area contributed by atoms with Gasteiger partial charge >= 0.3 is 0 Å². The van der Waals surface area contributed by atoms with E-state index < -0.39 is 0 Å². The summed E-state index contributed by atoms with van der Waals surface area (Å²) in [4.78, 5) is 15.4. The molecule has 0 N–H and O–H groups in total. The van der Waals surface area contributed by atoms with E-state index in [1.165, 1.54) is 25.7 Å². The van der Waals surface area contributed by atoms with Gasteiger partial charge in [0.15, 0.2) is 0 Å². The standard InChI is InChI=1S/C21H26ClN3O/c1-15-19(20(22)25(23-15)14-16-8-3-2-4-9-16)21(26)24-13-7-11-17-10-5-6-12-18(17)24/h2-4,8-9,17-18H,5-7,10-14H2,1H3/t17-,18-/m1/s1. The third kappa shape index (κ3) is 3.27. The molecule has 1 saturated heterocycles. The zero-order valence-corrected chi connectivity index (χ0v) is 16.1. The summed E-state index contributed by atoms with van der Waals surface area (Å²) in [6.45, 7) is 3.32. The molecule has 2 heterocycles. The molecule has 138 valence electrons. The van der Waals surface area contributed by atoms with Gasteiger partial charge in [-0.1, -0.05) is 54.8 Å². The molecule has 0 bridgehead atoms. The van der Waals surface area contributed by atoms with E-state index in [9.17, 15) is 4.79 Å². The van der Waals surface area contributed by atoms with Crippen LogP contribution in [-0.4, -0.2) is 33.2 Å². The van der Waals surface area contributed by atoms with Crippen LogP contribution >= 0.6 is 11.6 Å². The zero-order valence-electron chi connectivity index (χ0n) is 15.3. The number of carbonyl (C=O) groups excluding carboxylic acids is 1. The lowest BCUT2D eigenvalue weighted by atomic mass is 9.78. The fraction of sp³-hybridized carbons (Fsp3) is 0.524. The molecular weight excluding hydrogens is 346 g/mol. The van der Waals surface area contributed by atoms with Crippen LogP contribution < -0.4 is 0 Å². The number of amides is 1. The van der Waals surface area contributed by atoms with Crippen molar-refractivity contribution < 1.29 is 4.79 Å². The molecule has 4 nitrogen and oxygen atoms in total. The minimum absolute atomic E-state index is 0.0726. The van der Waals surface area contributed by atoms with Gasteiger partial charge in [-0.2, -0.15) is 5.10 Å². The number of piperidine rings is 1. The molecule has 4 rings (SSSR count). The second-order valence-corrected chi connectivity index (χ2v) is 8.01. The first-order chi connectivity index (χ1) is 12.6. The summed E-state index contributed by atoms with van der Waals surface area (Å²) in [5.41, 5.74) is 2.45. The van der Waals surface area contributed by atoms with Crippen molar-refractivity contribution in [3.63, 3.8) is 0 Å². The van der Waals surface area contributed by atoms with Crippen molar-refractivity contribution in [2.24, 2.45) is 5.92 Å². The Kier molecular flexibility index (Phi) is 5.03. The number of hydrogen-bond acceptors (Lipinski definition) is 2.